The second kappa shape index (κ2) is 8.23. The highest BCUT2D eigenvalue weighted by Gasteiger charge is 2.32. The Morgan fingerprint density at radius 2 is 1.70 bits per heavy atom. The van der Waals surface area contributed by atoms with E-state index in [0.717, 1.165) is 17.7 Å². The molecular formula is C20H19ClFNO3S. The first-order valence-corrected chi connectivity index (χ1v) is 10.5. The summed E-state index contributed by atoms with van der Waals surface area (Å²) in [5, 5.41) is -0.00907. The fourth-order valence-electron chi connectivity index (χ4n) is 3.08. The first-order chi connectivity index (χ1) is 12.9. The first-order valence-electron chi connectivity index (χ1n) is 8.59. The number of rotatable bonds is 4. The fourth-order valence-corrected chi connectivity index (χ4v) is 5.01. The molecule has 1 heterocycles. The van der Waals surface area contributed by atoms with Crippen molar-refractivity contribution in [2.75, 3.05) is 13.1 Å². The monoisotopic (exact) mass is 407 g/mol. The number of carbonyl (C=O) groups is 1. The molecule has 0 atom stereocenters. The first kappa shape index (κ1) is 19.6. The third kappa shape index (κ3) is 4.57. The zero-order valence-corrected chi connectivity index (χ0v) is 16.1. The van der Waals surface area contributed by atoms with Crippen molar-refractivity contribution >= 4 is 33.4 Å². The second-order valence-electron chi connectivity index (χ2n) is 6.38. The number of benzene rings is 2. The van der Waals surface area contributed by atoms with Gasteiger partial charge in [-0.15, -0.1) is 0 Å². The predicted molar refractivity (Wildman–Crippen MR) is 104 cm³/mol. The Balaban J connectivity index is 1.62. The van der Waals surface area contributed by atoms with Crippen LogP contribution in [0.15, 0.2) is 59.5 Å². The van der Waals surface area contributed by atoms with Gasteiger partial charge in [0.2, 0.25) is 5.91 Å². The van der Waals surface area contributed by atoms with E-state index in [0.29, 0.717) is 31.0 Å². The van der Waals surface area contributed by atoms with Gasteiger partial charge < -0.3 is 4.90 Å². The van der Waals surface area contributed by atoms with Crippen molar-refractivity contribution in [1.29, 1.82) is 0 Å². The Kier molecular flexibility index (Phi) is 5.97. The van der Waals surface area contributed by atoms with Crippen molar-refractivity contribution in [2.45, 2.75) is 23.0 Å². The second-order valence-corrected chi connectivity index (χ2v) is 9.01. The highest BCUT2D eigenvalue weighted by molar-refractivity contribution is 7.92. The number of carbonyl (C=O) groups excluding carboxylic acids is 1. The molecule has 3 rings (SSSR count). The lowest BCUT2D eigenvalue weighted by molar-refractivity contribution is -0.126. The van der Waals surface area contributed by atoms with Crippen LogP contribution in [0.3, 0.4) is 0 Å². The number of halogens is 2. The van der Waals surface area contributed by atoms with Gasteiger partial charge in [-0.2, -0.15) is 0 Å². The van der Waals surface area contributed by atoms with Crippen LogP contribution in [0, 0.1) is 5.82 Å². The van der Waals surface area contributed by atoms with E-state index >= 15 is 0 Å². The van der Waals surface area contributed by atoms with Gasteiger partial charge in [0.15, 0.2) is 9.84 Å². The van der Waals surface area contributed by atoms with Crippen LogP contribution < -0.4 is 0 Å². The van der Waals surface area contributed by atoms with Crippen molar-refractivity contribution in [3.63, 3.8) is 0 Å². The maximum atomic E-state index is 13.0. The van der Waals surface area contributed by atoms with Gasteiger partial charge in [-0.1, -0.05) is 29.8 Å². The van der Waals surface area contributed by atoms with Gasteiger partial charge >= 0.3 is 0 Å². The summed E-state index contributed by atoms with van der Waals surface area (Å²) in [6, 6.07) is 12.1. The summed E-state index contributed by atoms with van der Waals surface area (Å²) < 4.78 is 38.4. The van der Waals surface area contributed by atoms with Gasteiger partial charge in [0, 0.05) is 24.2 Å². The van der Waals surface area contributed by atoms with Crippen LogP contribution in [0.25, 0.3) is 6.08 Å². The summed E-state index contributed by atoms with van der Waals surface area (Å²) in [5.41, 5.74) is 0.751. The molecule has 0 radical (unpaired) electrons. The number of piperidine rings is 1. The lowest BCUT2D eigenvalue weighted by atomic mass is 10.1. The molecule has 0 unspecified atom stereocenters. The average molecular weight is 408 g/mol. The van der Waals surface area contributed by atoms with Crippen LogP contribution in [0.4, 0.5) is 4.39 Å². The summed E-state index contributed by atoms with van der Waals surface area (Å²) in [5.74, 6) is -0.646. The van der Waals surface area contributed by atoms with E-state index in [9.17, 15) is 17.6 Å². The van der Waals surface area contributed by atoms with Crippen LogP contribution in [-0.4, -0.2) is 37.6 Å². The van der Waals surface area contributed by atoms with Crippen LogP contribution in [-0.2, 0) is 14.6 Å². The molecule has 1 aliphatic rings. The standard InChI is InChI=1S/C20H19ClFNO3S/c21-19-4-2-1-3-15(19)5-10-20(24)23-13-11-18(12-14-23)27(25,26)17-8-6-16(22)7-9-17/h1-10,18H,11-14H2/b10-5+. The van der Waals surface area contributed by atoms with E-state index in [1.807, 2.05) is 18.2 Å². The molecule has 0 N–H and O–H groups in total. The largest absolute Gasteiger partial charge is 0.339 e. The smallest absolute Gasteiger partial charge is 0.246 e. The lowest BCUT2D eigenvalue weighted by Crippen LogP contribution is -2.41. The molecule has 7 heteroatoms. The number of hydrogen-bond acceptors (Lipinski definition) is 3. The number of hydrogen-bond donors (Lipinski definition) is 0. The molecule has 1 fully saturated rings. The minimum absolute atomic E-state index is 0.118. The zero-order valence-electron chi connectivity index (χ0n) is 14.5. The maximum absolute atomic E-state index is 13.0. The van der Waals surface area contributed by atoms with E-state index < -0.39 is 20.9 Å². The molecule has 1 saturated heterocycles. The molecule has 0 aliphatic carbocycles. The zero-order chi connectivity index (χ0) is 19.4. The quantitative estimate of drug-likeness (QED) is 0.569. The van der Waals surface area contributed by atoms with Gasteiger partial charge in [0.05, 0.1) is 10.1 Å². The summed E-state index contributed by atoms with van der Waals surface area (Å²) in [6.45, 7) is 0.716. The Morgan fingerprint density at radius 3 is 2.33 bits per heavy atom. The van der Waals surface area contributed by atoms with Crippen LogP contribution in [0.1, 0.15) is 18.4 Å². The Morgan fingerprint density at radius 1 is 1.07 bits per heavy atom. The molecule has 27 heavy (non-hydrogen) atoms. The van der Waals surface area contributed by atoms with Gasteiger partial charge in [0.1, 0.15) is 5.82 Å². The normalized spacial score (nSPS) is 16.0. The molecule has 142 valence electrons. The Bertz CT molecular complexity index is 949. The maximum Gasteiger partial charge on any atom is 0.246 e. The number of nitrogens with zero attached hydrogens (tertiary/aromatic N) is 1. The van der Waals surface area contributed by atoms with Crippen molar-refractivity contribution < 1.29 is 17.6 Å². The topological polar surface area (TPSA) is 54.5 Å². The number of amides is 1. The molecule has 0 saturated carbocycles. The summed E-state index contributed by atoms with van der Waals surface area (Å²) in [6.07, 6.45) is 3.82. The van der Waals surface area contributed by atoms with Crippen molar-refractivity contribution in [1.82, 2.24) is 4.90 Å². The van der Waals surface area contributed by atoms with E-state index in [1.54, 1.807) is 17.0 Å². The minimum Gasteiger partial charge on any atom is -0.339 e. The molecule has 0 bridgehead atoms. The van der Waals surface area contributed by atoms with Crippen LogP contribution in [0.2, 0.25) is 5.02 Å². The number of sulfone groups is 1. The van der Waals surface area contributed by atoms with Crippen LogP contribution >= 0.6 is 11.6 Å². The lowest BCUT2D eigenvalue weighted by Gasteiger charge is -2.31. The predicted octanol–water partition coefficient (Wildman–Crippen LogP) is 3.96. The number of likely N-dealkylation sites (tertiary alicyclic amines) is 1. The molecule has 2 aromatic carbocycles. The van der Waals surface area contributed by atoms with Crippen molar-refractivity contribution in [3.05, 3.63) is 71.0 Å². The summed E-state index contributed by atoms with van der Waals surface area (Å²) in [7, 11) is -3.53. The molecule has 2 aromatic rings. The van der Waals surface area contributed by atoms with Gasteiger partial charge in [0.25, 0.3) is 0 Å². The van der Waals surface area contributed by atoms with Crippen LogP contribution in [0.5, 0.6) is 0 Å². The molecule has 0 spiro atoms. The highest BCUT2D eigenvalue weighted by Crippen LogP contribution is 2.25. The minimum atomic E-state index is -3.53. The highest BCUT2D eigenvalue weighted by atomic mass is 35.5. The summed E-state index contributed by atoms with van der Waals surface area (Å²) in [4.78, 5) is 14.1. The third-order valence-electron chi connectivity index (χ3n) is 4.65. The SMILES string of the molecule is O=C(/C=C/c1ccccc1Cl)N1CCC(S(=O)(=O)c2ccc(F)cc2)CC1. The van der Waals surface area contributed by atoms with E-state index in [4.69, 9.17) is 11.6 Å². The molecule has 1 amide bonds. The van der Waals surface area contributed by atoms with Gasteiger partial charge in [-0.3, -0.25) is 4.79 Å². The third-order valence-corrected chi connectivity index (χ3v) is 7.27. The van der Waals surface area contributed by atoms with E-state index in [2.05, 4.69) is 0 Å². The molecule has 4 nitrogen and oxygen atoms in total. The van der Waals surface area contributed by atoms with E-state index in [1.165, 1.54) is 18.2 Å². The van der Waals surface area contributed by atoms with E-state index in [-0.39, 0.29) is 10.8 Å². The summed E-state index contributed by atoms with van der Waals surface area (Å²) >= 11 is 6.06. The van der Waals surface area contributed by atoms with Crippen molar-refractivity contribution in [2.24, 2.45) is 0 Å². The fraction of sp³-hybridized carbons (Fsp3) is 0.250. The average Bonchev–Trinajstić information content (AvgIpc) is 2.67. The molecule has 0 aromatic heterocycles. The molecular weight excluding hydrogens is 389 g/mol. The van der Waals surface area contributed by atoms with Crippen molar-refractivity contribution in [3.8, 4) is 0 Å². The molecule has 1 aliphatic heterocycles. The van der Waals surface area contributed by atoms with Gasteiger partial charge in [-0.25, -0.2) is 12.8 Å². The Hall–Kier alpha value is -2.18. The van der Waals surface area contributed by atoms with Gasteiger partial charge in [-0.05, 0) is 54.8 Å². The Labute approximate surface area is 163 Å².